The highest BCUT2D eigenvalue weighted by molar-refractivity contribution is 8.13. The molecule has 1 aromatic rings. The largest absolute Gasteiger partial charge is 0.333 e. The van der Waals surface area contributed by atoms with Crippen molar-refractivity contribution in [1.82, 2.24) is 9.55 Å². The van der Waals surface area contributed by atoms with Gasteiger partial charge in [0.1, 0.15) is 5.82 Å². The predicted molar refractivity (Wildman–Crippen MR) is 48.2 cm³/mol. The molecule has 1 aliphatic rings. The molecule has 1 aromatic heterocycles. The molecule has 2 rings (SSSR count). The van der Waals surface area contributed by atoms with Crippen LogP contribution in [0.2, 0.25) is 0 Å². The molecule has 0 atom stereocenters. The van der Waals surface area contributed by atoms with E-state index >= 15 is 0 Å². The van der Waals surface area contributed by atoms with Crippen molar-refractivity contribution in [3.63, 3.8) is 0 Å². The Balaban J connectivity index is 2.47. The quantitative estimate of drug-likeness (QED) is 0.667. The maximum absolute atomic E-state index is 10.9. The summed E-state index contributed by atoms with van der Waals surface area (Å²) in [6.07, 6.45) is 4.49. The Labute approximate surface area is 81.0 Å². The molecule has 13 heavy (non-hydrogen) atoms. The first kappa shape index (κ1) is 9.02. The molecule has 0 radical (unpaired) electrons. The molecule has 0 saturated heterocycles. The van der Waals surface area contributed by atoms with E-state index in [0.717, 1.165) is 31.6 Å². The smallest absolute Gasteiger partial charge is 0.280 e. The molecule has 0 bridgehead atoms. The zero-order valence-corrected chi connectivity index (χ0v) is 8.48. The molecule has 72 valence electrons. The first-order chi connectivity index (χ1) is 6.07. The van der Waals surface area contributed by atoms with Crippen LogP contribution < -0.4 is 0 Å². The van der Waals surface area contributed by atoms with Crippen molar-refractivity contribution in [3.05, 3.63) is 12.0 Å². The highest BCUT2D eigenvalue weighted by Gasteiger charge is 2.19. The highest BCUT2D eigenvalue weighted by atomic mass is 35.7. The van der Waals surface area contributed by atoms with Gasteiger partial charge in [0.05, 0.1) is 0 Å². The maximum atomic E-state index is 10.9. The summed E-state index contributed by atoms with van der Waals surface area (Å²) in [7, 11) is 1.52. The van der Waals surface area contributed by atoms with Crippen LogP contribution >= 0.6 is 10.7 Å². The summed E-state index contributed by atoms with van der Waals surface area (Å²) >= 11 is 0. The lowest BCUT2D eigenvalue weighted by Gasteiger charge is -2.11. The van der Waals surface area contributed by atoms with Gasteiger partial charge in [-0.1, -0.05) is 0 Å². The average Bonchev–Trinajstić information content (AvgIpc) is 2.45. The number of fused-ring (bicyclic) bond motifs is 1. The van der Waals surface area contributed by atoms with Crippen LogP contribution in [-0.4, -0.2) is 18.0 Å². The van der Waals surface area contributed by atoms with E-state index in [4.69, 9.17) is 10.7 Å². The second-order valence-corrected chi connectivity index (χ2v) is 5.60. The Morgan fingerprint density at radius 1 is 1.46 bits per heavy atom. The lowest BCUT2D eigenvalue weighted by molar-refractivity contribution is 0.522. The van der Waals surface area contributed by atoms with E-state index in [1.54, 1.807) is 0 Å². The normalized spacial score (nSPS) is 17.0. The van der Waals surface area contributed by atoms with Crippen molar-refractivity contribution in [2.45, 2.75) is 30.8 Å². The molecule has 0 unspecified atom stereocenters. The lowest BCUT2D eigenvalue weighted by atomic mass is 10.2. The second-order valence-electron chi connectivity index (χ2n) is 3.08. The van der Waals surface area contributed by atoms with Crippen LogP contribution in [0.1, 0.15) is 18.7 Å². The molecule has 0 spiro atoms. The summed E-state index contributed by atoms with van der Waals surface area (Å²) < 4.78 is 23.7. The third kappa shape index (κ3) is 1.71. The maximum Gasteiger partial charge on any atom is 0.280 e. The third-order valence-corrected chi connectivity index (χ3v) is 3.31. The summed E-state index contributed by atoms with van der Waals surface area (Å²) in [6, 6.07) is 0. The van der Waals surface area contributed by atoms with E-state index < -0.39 is 9.05 Å². The number of aromatic nitrogens is 2. The highest BCUT2D eigenvalue weighted by Crippen LogP contribution is 2.19. The number of hydrogen-bond donors (Lipinski definition) is 0. The third-order valence-electron chi connectivity index (χ3n) is 2.14. The van der Waals surface area contributed by atoms with Crippen LogP contribution in [-0.2, 0) is 22.0 Å². The number of aryl methyl sites for hydroxylation is 2. The Morgan fingerprint density at radius 2 is 2.23 bits per heavy atom. The van der Waals surface area contributed by atoms with Gasteiger partial charge >= 0.3 is 0 Å². The van der Waals surface area contributed by atoms with E-state index in [1.165, 1.54) is 6.20 Å². The molecule has 4 nitrogen and oxygen atoms in total. The Kier molecular flexibility index (Phi) is 2.08. The Bertz CT molecular complexity index is 400. The number of nitrogens with zero attached hydrogens (tertiary/aromatic N) is 2. The molecule has 1 aliphatic heterocycles. The van der Waals surface area contributed by atoms with Gasteiger partial charge in [0, 0.05) is 29.8 Å². The standard InChI is InChI=1S/C7H9ClN2O2S/c8-13(11,12)7-5-10-4-2-1-3-6(10)9-7/h5H,1-4H2. The Hall–Kier alpha value is -0.550. The van der Waals surface area contributed by atoms with Gasteiger partial charge in [-0.2, -0.15) is 0 Å². The molecular weight excluding hydrogens is 212 g/mol. The van der Waals surface area contributed by atoms with Crippen LogP contribution in [0.4, 0.5) is 0 Å². The average molecular weight is 221 g/mol. The number of imidazole rings is 1. The van der Waals surface area contributed by atoms with E-state index in [9.17, 15) is 8.42 Å². The van der Waals surface area contributed by atoms with E-state index in [-0.39, 0.29) is 5.03 Å². The fraction of sp³-hybridized carbons (Fsp3) is 0.571. The molecular formula is C7H9ClN2O2S. The van der Waals surface area contributed by atoms with Gasteiger partial charge in [-0.25, -0.2) is 13.4 Å². The summed E-state index contributed by atoms with van der Waals surface area (Å²) in [5, 5.41) is -0.0222. The van der Waals surface area contributed by atoms with Crippen LogP contribution in [0.25, 0.3) is 0 Å². The van der Waals surface area contributed by atoms with E-state index in [0.29, 0.717) is 0 Å². The molecule has 0 saturated carbocycles. The first-order valence-electron chi connectivity index (χ1n) is 4.08. The van der Waals surface area contributed by atoms with Gasteiger partial charge in [0.15, 0.2) is 5.03 Å². The van der Waals surface area contributed by atoms with Crippen LogP contribution in [0, 0.1) is 0 Å². The van der Waals surface area contributed by atoms with Crippen molar-refractivity contribution < 1.29 is 8.42 Å². The predicted octanol–water partition coefficient (Wildman–Crippen LogP) is 1.15. The fourth-order valence-electron chi connectivity index (χ4n) is 1.50. The molecule has 0 aliphatic carbocycles. The number of hydrogen-bond acceptors (Lipinski definition) is 3. The van der Waals surface area contributed by atoms with Crippen LogP contribution in [0.15, 0.2) is 11.2 Å². The summed E-state index contributed by atoms with van der Waals surface area (Å²) in [5.74, 6) is 0.825. The zero-order chi connectivity index (χ0) is 9.47. The second kappa shape index (κ2) is 2.99. The topological polar surface area (TPSA) is 52.0 Å². The molecule has 2 heterocycles. The number of rotatable bonds is 1. The van der Waals surface area contributed by atoms with Gasteiger partial charge in [-0.15, -0.1) is 0 Å². The van der Waals surface area contributed by atoms with Crippen LogP contribution in [0.5, 0.6) is 0 Å². The van der Waals surface area contributed by atoms with Crippen molar-refractivity contribution in [2.24, 2.45) is 0 Å². The monoisotopic (exact) mass is 220 g/mol. The number of halogens is 1. The fourth-order valence-corrected chi connectivity index (χ4v) is 2.19. The molecule has 0 amide bonds. The SMILES string of the molecule is O=S(=O)(Cl)c1cn2c(n1)CCCC2. The molecule has 0 aromatic carbocycles. The zero-order valence-electron chi connectivity index (χ0n) is 6.90. The molecule has 0 N–H and O–H groups in total. The van der Waals surface area contributed by atoms with Gasteiger partial charge in [-0.3, -0.25) is 0 Å². The van der Waals surface area contributed by atoms with Crippen molar-refractivity contribution in [1.29, 1.82) is 0 Å². The van der Waals surface area contributed by atoms with E-state index in [2.05, 4.69) is 4.98 Å². The van der Waals surface area contributed by atoms with E-state index in [1.807, 2.05) is 4.57 Å². The van der Waals surface area contributed by atoms with Gasteiger partial charge in [0.2, 0.25) is 0 Å². The summed E-state index contributed by atoms with van der Waals surface area (Å²) in [4.78, 5) is 3.97. The van der Waals surface area contributed by atoms with Gasteiger partial charge < -0.3 is 4.57 Å². The minimum absolute atomic E-state index is 0.0222. The van der Waals surface area contributed by atoms with Crippen molar-refractivity contribution in [2.75, 3.05) is 0 Å². The van der Waals surface area contributed by atoms with Gasteiger partial charge in [0.25, 0.3) is 9.05 Å². The minimum atomic E-state index is -3.66. The summed E-state index contributed by atoms with van der Waals surface area (Å²) in [6.45, 7) is 0.842. The van der Waals surface area contributed by atoms with Gasteiger partial charge in [-0.05, 0) is 12.8 Å². The molecule has 0 fully saturated rings. The van der Waals surface area contributed by atoms with Crippen LogP contribution in [0.3, 0.4) is 0 Å². The summed E-state index contributed by atoms with van der Waals surface area (Å²) in [5.41, 5.74) is 0. The lowest BCUT2D eigenvalue weighted by Crippen LogP contribution is -2.08. The molecule has 6 heteroatoms. The minimum Gasteiger partial charge on any atom is -0.333 e. The first-order valence-corrected chi connectivity index (χ1v) is 6.39. The van der Waals surface area contributed by atoms with Crippen molar-refractivity contribution >= 4 is 19.7 Å². The van der Waals surface area contributed by atoms with Crippen molar-refractivity contribution in [3.8, 4) is 0 Å². The Morgan fingerprint density at radius 3 is 2.85 bits per heavy atom.